The van der Waals surface area contributed by atoms with Gasteiger partial charge in [-0.05, 0) is 47.9 Å². The molecule has 3 heterocycles. The van der Waals surface area contributed by atoms with Gasteiger partial charge in [0.2, 0.25) is 0 Å². The van der Waals surface area contributed by atoms with E-state index in [1.807, 2.05) is 24.4 Å². The van der Waals surface area contributed by atoms with E-state index in [0.717, 1.165) is 35.9 Å². The summed E-state index contributed by atoms with van der Waals surface area (Å²) < 4.78 is 0. The summed E-state index contributed by atoms with van der Waals surface area (Å²) in [6, 6.07) is 11.8. The minimum Gasteiger partial charge on any atom is -0.370 e. The Morgan fingerprint density at radius 3 is 2.70 bits per heavy atom. The third-order valence-electron chi connectivity index (χ3n) is 5.66. The summed E-state index contributed by atoms with van der Waals surface area (Å²) in [4.78, 5) is 2.38. The minimum atomic E-state index is -0.132. The lowest BCUT2D eigenvalue weighted by Crippen LogP contribution is -2.39. The summed E-state index contributed by atoms with van der Waals surface area (Å²) in [6.07, 6.45) is 2.92. The number of nitrogens with zero attached hydrogens (tertiary/aromatic N) is 2. The van der Waals surface area contributed by atoms with Crippen LogP contribution >= 0.6 is 34.8 Å². The third kappa shape index (κ3) is 2.70. The van der Waals surface area contributed by atoms with E-state index >= 15 is 0 Å². The lowest BCUT2D eigenvalue weighted by molar-refractivity contribution is 0.495. The van der Waals surface area contributed by atoms with E-state index in [0.29, 0.717) is 16.6 Å². The zero-order valence-electron chi connectivity index (χ0n) is 14.4. The maximum atomic E-state index is 6.44. The summed E-state index contributed by atoms with van der Waals surface area (Å²) in [5.41, 5.74) is 4.57. The van der Waals surface area contributed by atoms with Crippen LogP contribution in [-0.2, 0) is 12.0 Å². The van der Waals surface area contributed by atoms with E-state index < -0.39 is 0 Å². The van der Waals surface area contributed by atoms with E-state index in [2.05, 4.69) is 32.5 Å². The first-order valence-corrected chi connectivity index (χ1v) is 9.97. The van der Waals surface area contributed by atoms with Gasteiger partial charge in [-0.2, -0.15) is 5.10 Å². The van der Waals surface area contributed by atoms with Crippen molar-refractivity contribution in [2.24, 2.45) is 0 Å². The summed E-state index contributed by atoms with van der Waals surface area (Å²) in [6.45, 7) is 2.46. The van der Waals surface area contributed by atoms with Gasteiger partial charge >= 0.3 is 0 Å². The molecule has 2 aliphatic rings. The van der Waals surface area contributed by atoms with Crippen LogP contribution in [0.2, 0.25) is 15.1 Å². The number of halogens is 3. The predicted octanol–water partition coefficient (Wildman–Crippen LogP) is 5.49. The zero-order chi connectivity index (χ0) is 18.6. The second-order valence-corrected chi connectivity index (χ2v) is 8.45. The van der Waals surface area contributed by atoms with E-state index in [4.69, 9.17) is 34.8 Å². The molecule has 0 aliphatic carbocycles. The largest absolute Gasteiger partial charge is 0.370 e. The topological polar surface area (TPSA) is 44.0 Å². The van der Waals surface area contributed by atoms with Crippen molar-refractivity contribution in [1.29, 1.82) is 0 Å². The molecule has 0 amide bonds. The molecule has 3 aromatic rings. The molecule has 7 heteroatoms. The number of hydrogen-bond donors (Lipinski definition) is 2. The first-order valence-electron chi connectivity index (χ1n) is 8.83. The van der Waals surface area contributed by atoms with Crippen molar-refractivity contribution in [1.82, 2.24) is 10.2 Å². The molecule has 27 heavy (non-hydrogen) atoms. The van der Waals surface area contributed by atoms with Crippen LogP contribution in [0, 0.1) is 0 Å². The Bertz CT molecular complexity index is 1030. The van der Waals surface area contributed by atoms with Crippen LogP contribution in [0.4, 0.5) is 11.5 Å². The second-order valence-electron chi connectivity index (χ2n) is 7.17. The van der Waals surface area contributed by atoms with Crippen LogP contribution in [0.15, 0.2) is 42.6 Å². The molecule has 5 rings (SSSR count). The van der Waals surface area contributed by atoms with Crippen molar-refractivity contribution in [3.05, 3.63) is 74.4 Å². The van der Waals surface area contributed by atoms with Gasteiger partial charge in [0, 0.05) is 51.4 Å². The number of benzene rings is 2. The molecule has 0 fully saturated rings. The van der Waals surface area contributed by atoms with Gasteiger partial charge in [0.15, 0.2) is 0 Å². The molecule has 1 spiro atoms. The van der Waals surface area contributed by atoms with Crippen LogP contribution in [0.1, 0.15) is 23.1 Å². The monoisotopic (exact) mass is 418 g/mol. The fraction of sp³-hybridized carbons (Fsp3) is 0.250. The van der Waals surface area contributed by atoms with Crippen LogP contribution in [0.25, 0.3) is 0 Å². The third-order valence-corrected chi connectivity index (χ3v) is 6.48. The smallest absolute Gasteiger partial charge is 0.125 e. The number of rotatable bonds is 2. The van der Waals surface area contributed by atoms with Gasteiger partial charge in [-0.15, -0.1) is 0 Å². The quantitative estimate of drug-likeness (QED) is 0.577. The van der Waals surface area contributed by atoms with E-state index in [-0.39, 0.29) is 5.41 Å². The number of aromatic nitrogens is 2. The highest BCUT2D eigenvalue weighted by atomic mass is 35.5. The van der Waals surface area contributed by atoms with Gasteiger partial charge < -0.3 is 10.2 Å². The Morgan fingerprint density at radius 2 is 1.85 bits per heavy atom. The molecule has 2 aromatic carbocycles. The summed E-state index contributed by atoms with van der Waals surface area (Å²) >= 11 is 18.9. The first-order chi connectivity index (χ1) is 13.1. The summed E-state index contributed by atoms with van der Waals surface area (Å²) in [7, 11) is 0. The van der Waals surface area contributed by atoms with Crippen molar-refractivity contribution in [2.45, 2.75) is 18.4 Å². The van der Waals surface area contributed by atoms with Gasteiger partial charge in [0.1, 0.15) is 5.82 Å². The highest BCUT2D eigenvalue weighted by Gasteiger charge is 2.47. The molecule has 0 unspecified atom stereocenters. The molecule has 2 N–H and O–H groups in total. The van der Waals surface area contributed by atoms with Crippen molar-refractivity contribution in [2.75, 3.05) is 23.3 Å². The molecular formula is C20H17Cl3N4. The predicted molar refractivity (Wildman–Crippen MR) is 111 cm³/mol. The number of aromatic amines is 1. The maximum Gasteiger partial charge on any atom is 0.125 e. The van der Waals surface area contributed by atoms with Gasteiger partial charge in [-0.1, -0.05) is 40.9 Å². The fourth-order valence-corrected chi connectivity index (χ4v) is 5.06. The van der Waals surface area contributed by atoms with Crippen LogP contribution in [0.5, 0.6) is 0 Å². The highest BCUT2D eigenvalue weighted by Crippen LogP contribution is 2.51. The van der Waals surface area contributed by atoms with Gasteiger partial charge in [-0.3, -0.25) is 5.10 Å². The Hall–Kier alpha value is -1.88. The van der Waals surface area contributed by atoms with Crippen LogP contribution in [0.3, 0.4) is 0 Å². The minimum absolute atomic E-state index is 0.132. The van der Waals surface area contributed by atoms with E-state index in [9.17, 15) is 0 Å². The fourth-order valence-electron chi connectivity index (χ4n) is 4.42. The highest BCUT2D eigenvalue weighted by molar-refractivity contribution is 6.35. The average Bonchev–Trinajstić information content (AvgIpc) is 3.23. The lowest BCUT2D eigenvalue weighted by atomic mass is 9.73. The molecule has 1 atom stereocenters. The normalized spacial score (nSPS) is 20.5. The number of fused-ring (bicyclic) bond motifs is 4. The maximum absolute atomic E-state index is 6.44. The molecular weight excluding hydrogens is 403 g/mol. The van der Waals surface area contributed by atoms with Crippen molar-refractivity contribution in [3.63, 3.8) is 0 Å². The molecule has 4 nitrogen and oxygen atoms in total. The van der Waals surface area contributed by atoms with Gasteiger partial charge in [0.25, 0.3) is 0 Å². The Balaban J connectivity index is 1.61. The first kappa shape index (κ1) is 17.2. The Labute approximate surface area is 172 Å². The van der Waals surface area contributed by atoms with Crippen molar-refractivity contribution in [3.8, 4) is 0 Å². The number of H-pyrrole nitrogens is 1. The Kier molecular flexibility index (Phi) is 4.04. The van der Waals surface area contributed by atoms with Crippen molar-refractivity contribution >= 4 is 46.3 Å². The van der Waals surface area contributed by atoms with Crippen molar-refractivity contribution < 1.29 is 0 Å². The zero-order valence-corrected chi connectivity index (χ0v) is 16.7. The van der Waals surface area contributed by atoms with Gasteiger partial charge in [0.05, 0.1) is 6.20 Å². The standard InChI is InChI=1S/C20H17Cl3N4/c21-13-3-4-18-15(7-13)20(5-6-24-19-16(20)9-25-26-19)11-27(18)10-12-1-2-14(22)8-17(12)23/h1-4,7-9H,5-6,10-11H2,(H2,24,25,26)/t20-/m1/s1. The van der Waals surface area contributed by atoms with Crippen LogP contribution in [-0.4, -0.2) is 23.3 Å². The van der Waals surface area contributed by atoms with Crippen LogP contribution < -0.4 is 10.2 Å². The SMILES string of the molecule is Clc1ccc(CN2C[C@]3(CCNc4[nH]ncc43)c3cc(Cl)ccc32)c(Cl)c1. The molecule has 138 valence electrons. The molecule has 0 saturated heterocycles. The van der Waals surface area contributed by atoms with E-state index in [1.165, 1.54) is 16.8 Å². The number of nitrogens with one attached hydrogen (secondary N) is 2. The van der Waals surface area contributed by atoms with Gasteiger partial charge in [-0.25, -0.2) is 0 Å². The number of anilines is 2. The molecule has 0 radical (unpaired) electrons. The lowest BCUT2D eigenvalue weighted by Gasteiger charge is -2.35. The van der Waals surface area contributed by atoms with E-state index in [1.54, 1.807) is 6.07 Å². The number of hydrogen-bond acceptors (Lipinski definition) is 3. The second kappa shape index (κ2) is 6.33. The summed E-state index contributed by atoms with van der Waals surface area (Å²) in [5, 5.41) is 12.9. The molecule has 2 aliphatic heterocycles. The molecule has 0 bridgehead atoms. The average molecular weight is 420 g/mol. The molecule has 0 saturated carbocycles. The molecule has 1 aromatic heterocycles. The Morgan fingerprint density at radius 1 is 1.04 bits per heavy atom. The summed E-state index contributed by atoms with van der Waals surface area (Å²) in [5.74, 6) is 0.999.